The van der Waals surface area contributed by atoms with E-state index in [1.54, 1.807) is 19.1 Å². The van der Waals surface area contributed by atoms with E-state index in [2.05, 4.69) is 10.6 Å². The molecule has 1 aromatic rings. The Hall–Kier alpha value is -1.68. The van der Waals surface area contributed by atoms with Crippen molar-refractivity contribution in [3.8, 4) is 0 Å². The van der Waals surface area contributed by atoms with Crippen molar-refractivity contribution in [2.24, 2.45) is 5.92 Å². The van der Waals surface area contributed by atoms with E-state index < -0.39 is 0 Å². The van der Waals surface area contributed by atoms with Crippen LogP contribution in [0.25, 0.3) is 0 Å². The third-order valence-electron chi connectivity index (χ3n) is 3.28. The number of nitrogens with one attached hydrogen (secondary N) is 2. The Morgan fingerprint density at radius 2 is 2.11 bits per heavy atom. The Labute approximate surface area is 106 Å². The van der Waals surface area contributed by atoms with Crippen molar-refractivity contribution in [3.63, 3.8) is 0 Å². The van der Waals surface area contributed by atoms with Crippen LogP contribution in [0.3, 0.4) is 0 Å². The van der Waals surface area contributed by atoms with E-state index in [4.69, 9.17) is 0 Å². The van der Waals surface area contributed by atoms with Crippen LogP contribution in [0.5, 0.6) is 0 Å². The van der Waals surface area contributed by atoms with Gasteiger partial charge in [0, 0.05) is 17.8 Å². The molecule has 96 valence electrons. The lowest BCUT2D eigenvalue weighted by atomic mass is 9.83. The molecule has 2 N–H and O–H groups in total. The van der Waals surface area contributed by atoms with Crippen LogP contribution in [-0.4, -0.2) is 12.8 Å². The Balaban J connectivity index is 2.24. The number of Topliss-reactive ketones (excluding diaryl/α,β-unsaturated/α-hetero) is 1. The fourth-order valence-electron chi connectivity index (χ4n) is 2.16. The van der Waals surface area contributed by atoms with Gasteiger partial charge < -0.3 is 10.6 Å². The molecule has 3 nitrogen and oxygen atoms in total. The second-order valence-electron chi connectivity index (χ2n) is 4.59. The van der Waals surface area contributed by atoms with Crippen molar-refractivity contribution in [1.82, 2.24) is 5.32 Å². The number of hydrogen-bond donors (Lipinski definition) is 2. The van der Waals surface area contributed by atoms with Crippen LogP contribution in [0.15, 0.2) is 29.5 Å². The summed E-state index contributed by atoms with van der Waals surface area (Å²) in [5, 5.41) is 6.05. The summed E-state index contributed by atoms with van der Waals surface area (Å²) in [5.74, 6) is -0.330. The van der Waals surface area contributed by atoms with Crippen LogP contribution in [-0.2, 0) is 11.3 Å². The molecule has 0 unspecified atom stereocenters. The second kappa shape index (κ2) is 4.90. The monoisotopic (exact) mass is 248 g/mol. The zero-order valence-corrected chi connectivity index (χ0v) is 10.8. The normalized spacial score (nSPS) is 18.9. The van der Waals surface area contributed by atoms with Crippen molar-refractivity contribution in [1.29, 1.82) is 0 Å². The van der Waals surface area contributed by atoms with Crippen molar-refractivity contribution in [3.05, 3.63) is 40.8 Å². The largest absolute Gasteiger partial charge is 0.356 e. The first-order valence-electron chi connectivity index (χ1n) is 5.99. The average molecular weight is 248 g/mol. The van der Waals surface area contributed by atoms with Crippen LogP contribution in [0, 0.1) is 11.7 Å². The van der Waals surface area contributed by atoms with E-state index in [0.717, 1.165) is 11.3 Å². The van der Waals surface area contributed by atoms with Gasteiger partial charge in [-0.1, -0.05) is 6.07 Å². The molecule has 0 saturated carbocycles. The predicted octanol–water partition coefficient (Wildman–Crippen LogP) is 2.45. The van der Waals surface area contributed by atoms with Crippen molar-refractivity contribution >= 4 is 11.5 Å². The lowest BCUT2D eigenvalue weighted by molar-refractivity contribution is -0.119. The number of anilines is 1. The van der Waals surface area contributed by atoms with E-state index in [9.17, 15) is 9.18 Å². The number of carbonyl (C=O) groups is 1. The van der Waals surface area contributed by atoms with E-state index in [1.807, 2.05) is 14.0 Å². The summed E-state index contributed by atoms with van der Waals surface area (Å²) in [6, 6.07) is 4.95. The highest BCUT2D eigenvalue weighted by Gasteiger charge is 2.32. The maximum atomic E-state index is 13.7. The highest BCUT2D eigenvalue weighted by Crippen LogP contribution is 2.32. The fourth-order valence-corrected chi connectivity index (χ4v) is 2.16. The van der Waals surface area contributed by atoms with E-state index >= 15 is 0 Å². The van der Waals surface area contributed by atoms with Crippen LogP contribution in [0.4, 0.5) is 10.1 Å². The number of hydrogen-bond acceptors (Lipinski definition) is 3. The first kappa shape index (κ1) is 12.8. The molecule has 18 heavy (non-hydrogen) atoms. The summed E-state index contributed by atoms with van der Waals surface area (Å²) in [7, 11) is 1.84. The van der Waals surface area contributed by atoms with Gasteiger partial charge in [-0.3, -0.25) is 4.79 Å². The van der Waals surface area contributed by atoms with Gasteiger partial charge in [-0.15, -0.1) is 0 Å². The summed E-state index contributed by atoms with van der Waals surface area (Å²) < 4.78 is 13.7. The Bertz CT molecular complexity index is 523. The first-order valence-corrected chi connectivity index (χ1v) is 5.99. The van der Waals surface area contributed by atoms with Crippen LogP contribution >= 0.6 is 0 Å². The smallest absolute Gasteiger partial charge is 0.169 e. The van der Waals surface area contributed by atoms with Gasteiger partial charge in [-0.05, 0) is 38.6 Å². The molecule has 0 aromatic heterocycles. The molecule has 1 aromatic carbocycles. The molecule has 0 radical (unpaired) electrons. The SMILES string of the molecule is CNCc1ccc(F)c(NC2=C(C)C(=O)[C@H]2C)c1. The second-order valence-corrected chi connectivity index (χ2v) is 4.59. The number of rotatable bonds is 4. The zero-order chi connectivity index (χ0) is 13.3. The molecule has 0 saturated heterocycles. The van der Waals surface area contributed by atoms with Gasteiger partial charge in [0.25, 0.3) is 0 Å². The molecule has 1 aliphatic rings. The number of carbonyl (C=O) groups excluding carboxylic acids is 1. The summed E-state index contributed by atoms with van der Waals surface area (Å²) in [6.07, 6.45) is 0. The van der Waals surface area contributed by atoms with E-state index in [1.165, 1.54) is 6.07 Å². The third kappa shape index (κ3) is 2.16. The molecule has 0 spiro atoms. The number of halogens is 1. The van der Waals surface area contributed by atoms with Crippen molar-refractivity contribution < 1.29 is 9.18 Å². The summed E-state index contributed by atoms with van der Waals surface area (Å²) >= 11 is 0. The maximum absolute atomic E-state index is 13.7. The Kier molecular flexibility index (Phi) is 3.48. The number of ketones is 1. The number of allylic oxidation sites excluding steroid dienone is 2. The predicted molar refractivity (Wildman–Crippen MR) is 69.7 cm³/mol. The molecular weight excluding hydrogens is 231 g/mol. The summed E-state index contributed by atoms with van der Waals surface area (Å²) in [6.45, 7) is 4.27. The van der Waals surface area contributed by atoms with Gasteiger partial charge in [0.1, 0.15) is 5.82 Å². The van der Waals surface area contributed by atoms with E-state index in [0.29, 0.717) is 17.8 Å². The van der Waals surface area contributed by atoms with Gasteiger partial charge in [0.15, 0.2) is 5.78 Å². The maximum Gasteiger partial charge on any atom is 0.169 e. The fraction of sp³-hybridized carbons (Fsp3) is 0.357. The van der Waals surface area contributed by atoms with E-state index in [-0.39, 0.29) is 17.5 Å². The lowest BCUT2D eigenvalue weighted by Gasteiger charge is -2.28. The minimum Gasteiger partial charge on any atom is -0.356 e. The molecule has 4 heteroatoms. The molecule has 2 rings (SSSR count). The van der Waals surface area contributed by atoms with Gasteiger partial charge in [-0.2, -0.15) is 0 Å². The average Bonchev–Trinajstić information content (AvgIpc) is 2.38. The Morgan fingerprint density at radius 1 is 1.39 bits per heavy atom. The molecule has 0 fully saturated rings. The van der Waals surface area contributed by atoms with Crippen LogP contribution in [0.2, 0.25) is 0 Å². The summed E-state index contributed by atoms with van der Waals surface area (Å²) in [4.78, 5) is 11.4. The lowest BCUT2D eigenvalue weighted by Crippen LogP contribution is -2.32. The quantitative estimate of drug-likeness (QED) is 0.860. The van der Waals surface area contributed by atoms with Crippen molar-refractivity contribution in [2.45, 2.75) is 20.4 Å². The van der Waals surface area contributed by atoms with Gasteiger partial charge in [-0.25, -0.2) is 4.39 Å². The van der Waals surface area contributed by atoms with Crippen LogP contribution in [0.1, 0.15) is 19.4 Å². The van der Waals surface area contributed by atoms with Crippen LogP contribution < -0.4 is 10.6 Å². The number of benzene rings is 1. The minimum atomic E-state index is -0.304. The molecule has 1 aliphatic carbocycles. The van der Waals surface area contributed by atoms with Crippen molar-refractivity contribution in [2.75, 3.05) is 12.4 Å². The minimum absolute atomic E-state index is 0.129. The van der Waals surface area contributed by atoms with Gasteiger partial charge >= 0.3 is 0 Å². The van der Waals surface area contributed by atoms with Gasteiger partial charge in [0.2, 0.25) is 0 Å². The highest BCUT2D eigenvalue weighted by molar-refractivity contribution is 6.06. The molecule has 1 atom stereocenters. The molecule has 0 aliphatic heterocycles. The molecule has 0 amide bonds. The summed E-state index contributed by atoms with van der Waals surface area (Å²) in [5.41, 5.74) is 2.94. The third-order valence-corrected chi connectivity index (χ3v) is 3.28. The molecule has 0 heterocycles. The topological polar surface area (TPSA) is 41.1 Å². The first-order chi connectivity index (χ1) is 8.54. The Morgan fingerprint density at radius 3 is 2.72 bits per heavy atom. The zero-order valence-electron chi connectivity index (χ0n) is 10.8. The molecule has 0 bridgehead atoms. The molecular formula is C14H17FN2O. The van der Waals surface area contributed by atoms with Gasteiger partial charge in [0.05, 0.1) is 11.6 Å². The standard InChI is InChI=1S/C14H17FN2O/c1-8-13(9(2)14(8)18)17-12-6-10(7-16-3)4-5-11(12)15/h4-6,8,16-17H,7H2,1-3H3/t8-/m0/s1. The highest BCUT2D eigenvalue weighted by atomic mass is 19.1.